The second-order valence-electron chi connectivity index (χ2n) is 6.87. The van der Waals surface area contributed by atoms with Crippen molar-refractivity contribution in [3.05, 3.63) is 35.9 Å². The standard InChI is InChI=1S/C18H26N2S/c1-14-7-6-10-18(12-14)13-21-17(20-18)19-15(2)11-16-8-4-3-5-9-16/h3-5,8-9,14-15H,6-7,10-13H2,1-2H3,(H,19,20). The maximum Gasteiger partial charge on any atom is 0.157 e. The van der Waals surface area contributed by atoms with E-state index in [2.05, 4.69) is 49.5 Å². The highest BCUT2D eigenvalue weighted by Crippen LogP contribution is 2.38. The van der Waals surface area contributed by atoms with Crippen molar-refractivity contribution in [2.45, 2.75) is 57.5 Å². The van der Waals surface area contributed by atoms with E-state index in [1.54, 1.807) is 0 Å². The average molecular weight is 302 g/mol. The number of hydrogen-bond donors (Lipinski definition) is 1. The molecular formula is C18H26N2S. The van der Waals surface area contributed by atoms with Crippen molar-refractivity contribution in [2.75, 3.05) is 5.75 Å². The van der Waals surface area contributed by atoms with Gasteiger partial charge < -0.3 is 5.32 Å². The van der Waals surface area contributed by atoms with Crippen LogP contribution in [0.4, 0.5) is 0 Å². The van der Waals surface area contributed by atoms with Crippen LogP contribution in [0.25, 0.3) is 0 Å². The van der Waals surface area contributed by atoms with Gasteiger partial charge in [-0.05, 0) is 37.7 Å². The normalized spacial score (nSPS) is 32.3. The fourth-order valence-corrected chi connectivity index (χ4v) is 4.97. The van der Waals surface area contributed by atoms with Gasteiger partial charge in [-0.25, -0.2) is 0 Å². The maximum atomic E-state index is 4.91. The number of amidine groups is 1. The molecular weight excluding hydrogens is 276 g/mol. The molecule has 0 radical (unpaired) electrons. The van der Waals surface area contributed by atoms with E-state index < -0.39 is 0 Å². The Bertz CT molecular complexity index is 499. The number of rotatable bonds is 3. The van der Waals surface area contributed by atoms with Crippen LogP contribution >= 0.6 is 11.8 Å². The third kappa shape index (κ3) is 3.82. The predicted octanol–water partition coefficient (Wildman–Crippen LogP) is 4.26. The molecule has 1 spiro atoms. The van der Waals surface area contributed by atoms with Gasteiger partial charge >= 0.3 is 0 Å². The van der Waals surface area contributed by atoms with Crippen LogP contribution in [-0.2, 0) is 6.42 Å². The molecule has 1 heterocycles. The lowest BCUT2D eigenvalue weighted by Gasteiger charge is -2.36. The molecule has 1 aliphatic carbocycles. The summed E-state index contributed by atoms with van der Waals surface area (Å²) in [6, 6.07) is 11.0. The summed E-state index contributed by atoms with van der Waals surface area (Å²) in [4.78, 5) is 4.91. The van der Waals surface area contributed by atoms with Crippen molar-refractivity contribution in [1.29, 1.82) is 0 Å². The monoisotopic (exact) mass is 302 g/mol. The summed E-state index contributed by atoms with van der Waals surface area (Å²) in [5.41, 5.74) is 1.71. The first-order valence-electron chi connectivity index (χ1n) is 8.18. The van der Waals surface area contributed by atoms with E-state index in [9.17, 15) is 0 Å². The van der Waals surface area contributed by atoms with E-state index >= 15 is 0 Å². The summed E-state index contributed by atoms with van der Waals surface area (Å²) in [5, 5.41) is 4.94. The number of nitrogens with one attached hydrogen (secondary N) is 1. The van der Waals surface area contributed by atoms with Gasteiger partial charge in [0.2, 0.25) is 0 Å². The van der Waals surface area contributed by atoms with Gasteiger partial charge in [-0.3, -0.25) is 4.99 Å². The quantitative estimate of drug-likeness (QED) is 0.902. The maximum absolute atomic E-state index is 4.91. The molecule has 1 aromatic rings. The Balaban J connectivity index is 1.60. The summed E-state index contributed by atoms with van der Waals surface area (Å²) >= 11 is 1.93. The number of aliphatic imine (C=N–C) groups is 1. The van der Waals surface area contributed by atoms with Gasteiger partial charge in [0.15, 0.2) is 5.17 Å². The van der Waals surface area contributed by atoms with Gasteiger partial charge in [-0.15, -0.1) is 0 Å². The van der Waals surface area contributed by atoms with E-state index in [1.807, 2.05) is 11.8 Å². The predicted molar refractivity (Wildman–Crippen MR) is 93.0 cm³/mol. The van der Waals surface area contributed by atoms with Crippen molar-refractivity contribution < 1.29 is 0 Å². The van der Waals surface area contributed by atoms with Crippen LogP contribution in [0.15, 0.2) is 35.3 Å². The Morgan fingerprint density at radius 3 is 2.95 bits per heavy atom. The van der Waals surface area contributed by atoms with Crippen LogP contribution in [-0.4, -0.2) is 22.5 Å². The molecule has 114 valence electrons. The topological polar surface area (TPSA) is 24.4 Å². The molecule has 1 N–H and O–H groups in total. The average Bonchev–Trinajstić information content (AvgIpc) is 2.81. The minimum atomic E-state index is 0.341. The van der Waals surface area contributed by atoms with E-state index in [0.29, 0.717) is 11.6 Å². The second kappa shape index (κ2) is 6.43. The third-order valence-corrected chi connectivity index (χ3v) is 5.84. The van der Waals surface area contributed by atoms with Crippen LogP contribution in [0.2, 0.25) is 0 Å². The zero-order chi connectivity index (χ0) is 14.7. The fraction of sp³-hybridized carbons (Fsp3) is 0.611. The van der Waals surface area contributed by atoms with Crippen LogP contribution in [0.3, 0.4) is 0 Å². The minimum absolute atomic E-state index is 0.341. The molecule has 21 heavy (non-hydrogen) atoms. The first-order valence-corrected chi connectivity index (χ1v) is 9.16. The van der Waals surface area contributed by atoms with E-state index in [4.69, 9.17) is 4.99 Å². The number of benzene rings is 1. The molecule has 1 saturated carbocycles. The van der Waals surface area contributed by atoms with Gasteiger partial charge in [0.1, 0.15) is 0 Å². The molecule has 3 heteroatoms. The summed E-state index contributed by atoms with van der Waals surface area (Å²) in [6.07, 6.45) is 6.41. The van der Waals surface area contributed by atoms with Gasteiger partial charge in [-0.2, -0.15) is 0 Å². The molecule has 0 aromatic heterocycles. The molecule has 2 fully saturated rings. The number of thioether (sulfide) groups is 1. The number of nitrogens with zero attached hydrogens (tertiary/aromatic N) is 1. The Morgan fingerprint density at radius 2 is 2.19 bits per heavy atom. The summed E-state index contributed by atoms with van der Waals surface area (Å²) in [7, 11) is 0. The summed E-state index contributed by atoms with van der Waals surface area (Å²) in [5.74, 6) is 2.06. The number of hydrogen-bond acceptors (Lipinski definition) is 2. The molecule has 3 rings (SSSR count). The largest absolute Gasteiger partial charge is 0.359 e. The first-order chi connectivity index (χ1) is 10.2. The highest BCUT2D eigenvalue weighted by atomic mass is 32.2. The van der Waals surface area contributed by atoms with Gasteiger partial charge in [0.05, 0.1) is 6.04 Å². The van der Waals surface area contributed by atoms with E-state index in [1.165, 1.54) is 42.2 Å². The third-order valence-electron chi connectivity index (χ3n) is 4.66. The second-order valence-corrected chi connectivity index (χ2v) is 7.83. The minimum Gasteiger partial charge on any atom is -0.359 e. The lowest BCUT2D eigenvalue weighted by Crippen LogP contribution is -2.47. The van der Waals surface area contributed by atoms with Gasteiger partial charge in [-0.1, -0.05) is 61.9 Å². The fourth-order valence-electron chi connectivity index (χ4n) is 3.68. The Kier molecular flexibility index (Phi) is 4.58. The lowest BCUT2D eigenvalue weighted by molar-refractivity contribution is 0.242. The first kappa shape index (κ1) is 15.0. The lowest BCUT2D eigenvalue weighted by atomic mass is 9.78. The van der Waals surface area contributed by atoms with Crippen LogP contribution < -0.4 is 5.32 Å². The molecule has 1 aromatic carbocycles. The summed E-state index contributed by atoms with van der Waals surface area (Å²) < 4.78 is 0. The highest BCUT2D eigenvalue weighted by Gasteiger charge is 2.40. The van der Waals surface area contributed by atoms with Crippen molar-refractivity contribution in [1.82, 2.24) is 5.32 Å². The van der Waals surface area contributed by atoms with E-state index in [-0.39, 0.29) is 0 Å². The SMILES string of the molecule is CC1CCCC2(CSC(=NC(C)Cc3ccccc3)N2)C1. The molecule has 2 nitrogen and oxygen atoms in total. The van der Waals surface area contributed by atoms with Crippen molar-refractivity contribution in [2.24, 2.45) is 10.9 Å². The smallest absolute Gasteiger partial charge is 0.157 e. The van der Waals surface area contributed by atoms with Crippen LogP contribution in [0.1, 0.15) is 45.1 Å². The molecule has 0 bridgehead atoms. The molecule has 2 aliphatic rings. The van der Waals surface area contributed by atoms with Gasteiger partial charge in [0, 0.05) is 11.3 Å². The van der Waals surface area contributed by atoms with Crippen molar-refractivity contribution >= 4 is 16.9 Å². The van der Waals surface area contributed by atoms with Crippen LogP contribution in [0.5, 0.6) is 0 Å². The van der Waals surface area contributed by atoms with Crippen molar-refractivity contribution in [3.63, 3.8) is 0 Å². The molecule has 3 atom stereocenters. The Labute approximate surface area is 132 Å². The zero-order valence-electron chi connectivity index (χ0n) is 13.1. The molecule has 1 saturated heterocycles. The van der Waals surface area contributed by atoms with Crippen LogP contribution in [0, 0.1) is 5.92 Å². The Hall–Kier alpha value is -0.960. The van der Waals surface area contributed by atoms with Crippen molar-refractivity contribution in [3.8, 4) is 0 Å². The summed E-state index contributed by atoms with van der Waals surface area (Å²) in [6.45, 7) is 4.61. The van der Waals surface area contributed by atoms with E-state index in [0.717, 1.165) is 12.3 Å². The molecule has 1 aliphatic heterocycles. The molecule has 0 amide bonds. The highest BCUT2D eigenvalue weighted by molar-refractivity contribution is 8.14. The van der Waals surface area contributed by atoms with Gasteiger partial charge in [0.25, 0.3) is 0 Å². The molecule has 3 unspecified atom stereocenters. The zero-order valence-corrected chi connectivity index (χ0v) is 14.0. The Morgan fingerprint density at radius 1 is 1.38 bits per heavy atom.